The number of carbonyl (C=O) groups is 1. The van der Waals surface area contributed by atoms with E-state index < -0.39 is 10.0 Å². The quantitative estimate of drug-likeness (QED) is 0.765. The van der Waals surface area contributed by atoms with Gasteiger partial charge in [0.25, 0.3) is 0 Å². The Bertz CT molecular complexity index is 864. The molecule has 1 saturated heterocycles. The molecule has 5 nitrogen and oxygen atoms in total. The first-order valence-corrected chi connectivity index (χ1v) is 12.7. The Balaban J connectivity index is 1.19. The Morgan fingerprint density at radius 2 is 1.66 bits per heavy atom. The molecule has 4 bridgehead atoms. The van der Waals surface area contributed by atoms with Crippen LogP contribution in [0, 0.1) is 29.1 Å². The fourth-order valence-corrected chi connectivity index (χ4v) is 8.41. The highest BCUT2D eigenvalue weighted by Gasteiger charge is 2.54. The van der Waals surface area contributed by atoms with E-state index in [1.165, 1.54) is 23.6 Å². The van der Waals surface area contributed by atoms with Gasteiger partial charge in [-0.25, -0.2) is 8.42 Å². The van der Waals surface area contributed by atoms with Crippen LogP contribution in [0.5, 0.6) is 0 Å². The van der Waals surface area contributed by atoms with Crippen molar-refractivity contribution in [2.45, 2.75) is 49.8 Å². The number of sulfonamides is 1. The highest BCUT2D eigenvalue weighted by atomic mass is 35.5. The molecule has 6 rings (SSSR count). The second-order valence-corrected chi connectivity index (χ2v) is 12.3. The molecule has 0 aromatic heterocycles. The van der Waals surface area contributed by atoms with Gasteiger partial charge < -0.3 is 5.32 Å². The monoisotopic (exact) mass is 436 g/mol. The first-order valence-electron chi connectivity index (χ1n) is 10.9. The van der Waals surface area contributed by atoms with Gasteiger partial charge in [-0.15, -0.1) is 0 Å². The van der Waals surface area contributed by atoms with Crippen LogP contribution >= 0.6 is 11.6 Å². The Labute approximate surface area is 178 Å². The van der Waals surface area contributed by atoms with Crippen LogP contribution < -0.4 is 5.32 Å². The van der Waals surface area contributed by atoms with E-state index in [0.29, 0.717) is 24.7 Å². The molecule has 1 unspecified atom stereocenters. The SMILES string of the molecule is O=C(NCC1CCN(S(=O)(=O)c2ccc(Cl)cc2)C1)C12CC3CC(CC(C3)C1)C2. The van der Waals surface area contributed by atoms with Crippen LogP contribution in [-0.2, 0) is 14.8 Å². The summed E-state index contributed by atoms with van der Waals surface area (Å²) in [5, 5.41) is 3.75. The molecule has 1 N–H and O–H groups in total. The smallest absolute Gasteiger partial charge is 0.243 e. The van der Waals surface area contributed by atoms with Crippen molar-refractivity contribution in [1.29, 1.82) is 0 Å². The lowest BCUT2D eigenvalue weighted by Crippen LogP contribution is -2.54. The molecule has 158 valence electrons. The summed E-state index contributed by atoms with van der Waals surface area (Å²) in [5.41, 5.74) is -0.136. The first-order chi connectivity index (χ1) is 13.8. The van der Waals surface area contributed by atoms with E-state index in [4.69, 9.17) is 11.6 Å². The van der Waals surface area contributed by atoms with Crippen LogP contribution in [0.4, 0.5) is 0 Å². The zero-order valence-electron chi connectivity index (χ0n) is 16.6. The van der Waals surface area contributed by atoms with E-state index in [9.17, 15) is 13.2 Å². The summed E-state index contributed by atoms with van der Waals surface area (Å²) in [4.78, 5) is 13.4. The van der Waals surface area contributed by atoms with Gasteiger partial charge in [0, 0.05) is 30.1 Å². The summed E-state index contributed by atoms with van der Waals surface area (Å²) in [7, 11) is -3.50. The molecule has 1 aliphatic heterocycles. The molecule has 29 heavy (non-hydrogen) atoms. The van der Waals surface area contributed by atoms with Gasteiger partial charge in [0.1, 0.15) is 0 Å². The Morgan fingerprint density at radius 3 is 2.24 bits per heavy atom. The molecule has 1 amide bonds. The van der Waals surface area contributed by atoms with Crippen LogP contribution in [0.15, 0.2) is 29.2 Å². The molecule has 1 aromatic carbocycles. The Kier molecular flexibility index (Phi) is 4.95. The molecule has 5 fully saturated rings. The first kappa shape index (κ1) is 19.8. The minimum atomic E-state index is -3.50. The maximum atomic E-state index is 13.1. The number of hydrogen-bond acceptors (Lipinski definition) is 3. The summed E-state index contributed by atoms with van der Waals surface area (Å²) in [6.07, 6.45) is 7.95. The van der Waals surface area contributed by atoms with Crippen molar-refractivity contribution >= 4 is 27.5 Å². The van der Waals surface area contributed by atoms with Gasteiger partial charge in [0.2, 0.25) is 15.9 Å². The van der Waals surface area contributed by atoms with Gasteiger partial charge in [-0.3, -0.25) is 4.79 Å². The van der Waals surface area contributed by atoms with Gasteiger partial charge in [-0.2, -0.15) is 4.31 Å². The zero-order chi connectivity index (χ0) is 20.2. The summed E-state index contributed by atoms with van der Waals surface area (Å²) < 4.78 is 27.2. The average molecular weight is 437 g/mol. The summed E-state index contributed by atoms with van der Waals surface area (Å²) in [5.74, 6) is 2.65. The largest absolute Gasteiger partial charge is 0.355 e. The van der Waals surface area contributed by atoms with Crippen LogP contribution in [0.2, 0.25) is 5.02 Å². The fourth-order valence-electron chi connectivity index (χ4n) is 6.75. The lowest BCUT2D eigenvalue weighted by molar-refractivity contribution is -0.146. The molecular formula is C22H29ClN2O3S. The van der Waals surface area contributed by atoms with Crippen molar-refractivity contribution in [2.75, 3.05) is 19.6 Å². The standard InChI is InChI=1S/C22H29ClN2O3S/c23-19-1-3-20(4-2-19)29(27,28)25-6-5-15(14-25)13-24-21(26)22-10-16-7-17(11-22)9-18(8-16)12-22/h1-4,15-18H,5-14H2,(H,24,26). The predicted molar refractivity (Wildman–Crippen MR) is 112 cm³/mol. The summed E-state index contributed by atoms with van der Waals surface area (Å²) in [6, 6.07) is 6.32. The van der Waals surface area contributed by atoms with E-state index in [-0.39, 0.29) is 22.1 Å². The lowest BCUT2D eigenvalue weighted by Gasteiger charge is -2.55. The van der Waals surface area contributed by atoms with Crippen molar-refractivity contribution < 1.29 is 13.2 Å². The van der Waals surface area contributed by atoms with E-state index in [0.717, 1.165) is 43.4 Å². The molecule has 5 aliphatic rings. The van der Waals surface area contributed by atoms with E-state index in [2.05, 4.69) is 5.32 Å². The van der Waals surface area contributed by atoms with Crippen molar-refractivity contribution in [2.24, 2.45) is 29.1 Å². The normalized spacial score (nSPS) is 36.4. The molecule has 0 radical (unpaired) electrons. The van der Waals surface area contributed by atoms with Gasteiger partial charge in [-0.05, 0) is 92.9 Å². The highest BCUT2D eigenvalue weighted by Crippen LogP contribution is 2.60. The third kappa shape index (κ3) is 3.61. The average Bonchev–Trinajstić information content (AvgIpc) is 3.15. The maximum absolute atomic E-state index is 13.1. The molecular weight excluding hydrogens is 408 g/mol. The van der Waals surface area contributed by atoms with E-state index >= 15 is 0 Å². The van der Waals surface area contributed by atoms with Crippen molar-refractivity contribution in [3.63, 3.8) is 0 Å². The topological polar surface area (TPSA) is 66.5 Å². The highest BCUT2D eigenvalue weighted by molar-refractivity contribution is 7.89. The molecule has 1 aromatic rings. The van der Waals surface area contributed by atoms with E-state index in [1.54, 1.807) is 24.3 Å². The summed E-state index contributed by atoms with van der Waals surface area (Å²) >= 11 is 5.88. The van der Waals surface area contributed by atoms with Crippen LogP contribution in [0.25, 0.3) is 0 Å². The number of carbonyl (C=O) groups excluding carboxylic acids is 1. The molecule has 4 saturated carbocycles. The van der Waals surface area contributed by atoms with Crippen molar-refractivity contribution in [3.05, 3.63) is 29.3 Å². The number of halogens is 1. The minimum Gasteiger partial charge on any atom is -0.355 e. The molecule has 0 spiro atoms. The second-order valence-electron chi connectivity index (χ2n) is 9.88. The maximum Gasteiger partial charge on any atom is 0.243 e. The number of benzene rings is 1. The number of amides is 1. The van der Waals surface area contributed by atoms with Gasteiger partial charge in [0.05, 0.1) is 4.90 Å². The zero-order valence-corrected chi connectivity index (χ0v) is 18.2. The molecule has 7 heteroatoms. The predicted octanol–water partition coefficient (Wildman–Crippen LogP) is 3.68. The molecule has 4 aliphatic carbocycles. The van der Waals surface area contributed by atoms with Crippen LogP contribution in [0.3, 0.4) is 0 Å². The summed E-state index contributed by atoms with van der Waals surface area (Å²) in [6.45, 7) is 1.54. The number of nitrogens with zero attached hydrogens (tertiary/aromatic N) is 1. The second kappa shape index (κ2) is 7.24. The van der Waals surface area contributed by atoms with E-state index in [1.807, 2.05) is 0 Å². The third-order valence-corrected chi connectivity index (χ3v) is 9.90. The fraction of sp³-hybridized carbons (Fsp3) is 0.682. The van der Waals surface area contributed by atoms with Crippen LogP contribution in [0.1, 0.15) is 44.9 Å². The number of hydrogen-bond donors (Lipinski definition) is 1. The van der Waals surface area contributed by atoms with Crippen LogP contribution in [-0.4, -0.2) is 38.3 Å². The van der Waals surface area contributed by atoms with Crippen molar-refractivity contribution in [1.82, 2.24) is 9.62 Å². The molecule has 1 heterocycles. The molecule has 1 atom stereocenters. The number of nitrogens with one attached hydrogen (secondary N) is 1. The minimum absolute atomic E-state index is 0.136. The third-order valence-electron chi connectivity index (χ3n) is 7.77. The van der Waals surface area contributed by atoms with Gasteiger partial charge >= 0.3 is 0 Å². The van der Waals surface area contributed by atoms with Gasteiger partial charge in [-0.1, -0.05) is 11.6 Å². The number of rotatable bonds is 5. The Hall–Kier alpha value is -1.11. The van der Waals surface area contributed by atoms with Gasteiger partial charge in [0.15, 0.2) is 0 Å². The van der Waals surface area contributed by atoms with Crippen molar-refractivity contribution in [3.8, 4) is 0 Å². The Morgan fingerprint density at radius 1 is 1.07 bits per heavy atom. The lowest BCUT2D eigenvalue weighted by atomic mass is 9.49.